The zero-order chi connectivity index (χ0) is 19.5. The molecule has 3 heterocycles. The van der Waals surface area contributed by atoms with Crippen LogP contribution in [0.4, 0.5) is 0 Å². The Morgan fingerprint density at radius 2 is 2.04 bits per heavy atom. The lowest BCUT2D eigenvalue weighted by Crippen LogP contribution is -2.38. The second-order valence-corrected chi connectivity index (χ2v) is 7.65. The van der Waals surface area contributed by atoms with Crippen molar-refractivity contribution in [2.75, 3.05) is 26.7 Å². The summed E-state index contributed by atoms with van der Waals surface area (Å²) in [5.74, 6) is 1.23. The first-order chi connectivity index (χ1) is 13.6. The van der Waals surface area contributed by atoms with E-state index in [4.69, 9.17) is 4.74 Å². The van der Waals surface area contributed by atoms with Gasteiger partial charge in [0.2, 0.25) is 0 Å². The van der Waals surface area contributed by atoms with Gasteiger partial charge in [0.05, 0.1) is 37.1 Å². The highest BCUT2D eigenvalue weighted by Crippen LogP contribution is 2.20. The maximum Gasteiger partial charge on any atom is 0.261 e. The highest BCUT2D eigenvalue weighted by Gasteiger charge is 2.20. The molecule has 0 radical (unpaired) electrons. The highest BCUT2D eigenvalue weighted by atomic mass is 16.5. The van der Waals surface area contributed by atoms with Gasteiger partial charge in [0.15, 0.2) is 0 Å². The molecule has 7 nitrogen and oxygen atoms in total. The minimum Gasteiger partial charge on any atom is -0.497 e. The van der Waals surface area contributed by atoms with E-state index < -0.39 is 0 Å². The summed E-state index contributed by atoms with van der Waals surface area (Å²) in [5, 5.41) is 5.00. The lowest BCUT2D eigenvalue weighted by atomic mass is 9.96. The second-order valence-electron chi connectivity index (χ2n) is 7.65. The summed E-state index contributed by atoms with van der Waals surface area (Å²) in [6, 6.07) is 5.43. The molecule has 2 aromatic heterocycles. The molecule has 0 saturated carbocycles. The van der Waals surface area contributed by atoms with Crippen molar-refractivity contribution in [1.29, 1.82) is 0 Å². The number of likely N-dealkylation sites (tertiary alicyclic amines) is 1. The maximum atomic E-state index is 12.8. The number of piperidine rings is 1. The third-order valence-corrected chi connectivity index (χ3v) is 5.60. The molecule has 0 amide bonds. The van der Waals surface area contributed by atoms with Crippen molar-refractivity contribution in [3.8, 4) is 5.75 Å². The van der Waals surface area contributed by atoms with Crippen molar-refractivity contribution in [1.82, 2.24) is 24.2 Å². The first-order valence-electron chi connectivity index (χ1n) is 9.87. The van der Waals surface area contributed by atoms with Crippen LogP contribution in [0.15, 0.2) is 41.7 Å². The number of hydrogen-bond donors (Lipinski definition) is 0. The third-order valence-electron chi connectivity index (χ3n) is 5.60. The zero-order valence-corrected chi connectivity index (χ0v) is 16.5. The van der Waals surface area contributed by atoms with Crippen molar-refractivity contribution < 1.29 is 4.74 Å². The van der Waals surface area contributed by atoms with Crippen LogP contribution >= 0.6 is 0 Å². The molecule has 1 aliphatic heterocycles. The topological polar surface area (TPSA) is 65.2 Å². The van der Waals surface area contributed by atoms with Crippen LogP contribution < -0.4 is 10.3 Å². The van der Waals surface area contributed by atoms with E-state index in [1.54, 1.807) is 30.1 Å². The van der Waals surface area contributed by atoms with Crippen molar-refractivity contribution in [3.05, 3.63) is 52.8 Å². The van der Waals surface area contributed by atoms with E-state index in [0.717, 1.165) is 51.3 Å². The lowest BCUT2D eigenvalue weighted by molar-refractivity contribution is 0.166. The standard InChI is InChI=1S/C21H27N5O2/c1-16-12-23-26(13-16)10-9-24-7-5-17(6-8-24)14-25-15-22-20-11-18(28-2)3-4-19(20)21(25)27/h3-4,11-13,15,17H,5-10,14H2,1-2H3. The molecule has 0 bridgehead atoms. The van der Waals surface area contributed by atoms with Crippen molar-refractivity contribution >= 4 is 10.9 Å². The molecule has 1 fully saturated rings. The average molecular weight is 381 g/mol. The molecule has 0 aliphatic carbocycles. The van der Waals surface area contributed by atoms with Gasteiger partial charge in [-0.3, -0.25) is 14.0 Å². The average Bonchev–Trinajstić information content (AvgIpc) is 3.14. The van der Waals surface area contributed by atoms with Crippen LogP contribution in [0.2, 0.25) is 0 Å². The van der Waals surface area contributed by atoms with Crippen LogP contribution in [0.1, 0.15) is 18.4 Å². The summed E-state index contributed by atoms with van der Waals surface area (Å²) in [6.07, 6.45) is 7.87. The number of aromatic nitrogens is 4. The van der Waals surface area contributed by atoms with Gasteiger partial charge in [0, 0.05) is 25.4 Å². The van der Waals surface area contributed by atoms with Crippen molar-refractivity contribution in [2.24, 2.45) is 5.92 Å². The number of methoxy groups -OCH3 is 1. The molecule has 148 valence electrons. The highest BCUT2D eigenvalue weighted by molar-refractivity contribution is 5.78. The van der Waals surface area contributed by atoms with Crippen molar-refractivity contribution in [2.45, 2.75) is 32.9 Å². The molecule has 0 unspecified atom stereocenters. The van der Waals surface area contributed by atoms with Crippen LogP contribution in [0.25, 0.3) is 10.9 Å². The minimum absolute atomic E-state index is 0.0316. The number of ether oxygens (including phenoxy) is 1. The Hall–Kier alpha value is -2.67. The molecule has 7 heteroatoms. The number of benzene rings is 1. The zero-order valence-electron chi connectivity index (χ0n) is 16.5. The molecule has 3 aromatic rings. The van der Waals surface area contributed by atoms with Gasteiger partial charge < -0.3 is 9.64 Å². The van der Waals surface area contributed by atoms with Gasteiger partial charge in [-0.2, -0.15) is 5.10 Å². The predicted molar refractivity (Wildman–Crippen MR) is 109 cm³/mol. The summed E-state index contributed by atoms with van der Waals surface area (Å²) in [5.41, 5.74) is 1.92. The Kier molecular flexibility index (Phi) is 5.43. The fraction of sp³-hybridized carbons (Fsp3) is 0.476. The minimum atomic E-state index is 0.0316. The first kappa shape index (κ1) is 18.7. The Balaban J connectivity index is 1.34. The van der Waals surface area contributed by atoms with Crippen LogP contribution in [-0.2, 0) is 13.1 Å². The number of aryl methyl sites for hydroxylation is 1. The molecule has 4 rings (SSSR count). The SMILES string of the molecule is COc1ccc2c(=O)n(CC3CCN(CCn4cc(C)cn4)CC3)cnc2c1. The Bertz CT molecular complexity index is 1000. The van der Waals surface area contributed by atoms with E-state index >= 15 is 0 Å². The van der Waals surface area contributed by atoms with E-state index in [1.165, 1.54) is 5.56 Å². The molecule has 28 heavy (non-hydrogen) atoms. The summed E-state index contributed by atoms with van der Waals surface area (Å²) < 4.78 is 8.99. The largest absolute Gasteiger partial charge is 0.497 e. The Morgan fingerprint density at radius 1 is 1.21 bits per heavy atom. The van der Waals surface area contributed by atoms with Gasteiger partial charge >= 0.3 is 0 Å². The Labute approximate surface area is 164 Å². The Morgan fingerprint density at radius 3 is 2.75 bits per heavy atom. The maximum absolute atomic E-state index is 12.8. The van der Waals surface area contributed by atoms with E-state index in [1.807, 2.05) is 16.9 Å². The summed E-state index contributed by atoms with van der Waals surface area (Å²) in [6.45, 7) is 6.88. The fourth-order valence-electron chi connectivity index (χ4n) is 3.90. The second kappa shape index (κ2) is 8.14. The van der Waals surface area contributed by atoms with E-state index in [-0.39, 0.29) is 5.56 Å². The normalized spacial score (nSPS) is 15.9. The molecular weight excluding hydrogens is 354 g/mol. The van der Waals surface area contributed by atoms with Gasteiger partial charge in [-0.15, -0.1) is 0 Å². The number of hydrogen-bond acceptors (Lipinski definition) is 5. The molecular formula is C21H27N5O2. The molecule has 0 N–H and O–H groups in total. The van der Waals surface area contributed by atoms with Gasteiger partial charge in [0.25, 0.3) is 5.56 Å². The van der Waals surface area contributed by atoms with Crippen LogP contribution in [0, 0.1) is 12.8 Å². The van der Waals surface area contributed by atoms with Gasteiger partial charge in [-0.25, -0.2) is 4.98 Å². The van der Waals surface area contributed by atoms with Crippen LogP contribution in [-0.4, -0.2) is 51.0 Å². The first-order valence-corrected chi connectivity index (χ1v) is 9.87. The van der Waals surface area contributed by atoms with Gasteiger partial charge in [-0.05, 0) is 56.5 Å². The summed E-state index contributed by atoms with van der Waals surface area (Å²) in [4.78, 5) is 19.7. The quantitative estimate of drug-likeness (QED) is 0.656. The van der Waals surface area contributed by atoms with Crippen LogP contribution in [0.5, 0.6) is 5.75 Å². The van der Waals surface area contributed by atoms with E-state index in [9.17, 15) is 4.79 Å². The monoisotopic (exact) mass is 381 g/mol. The summed E-state index contributed by atoms with van der Waals surface area (Å²) >= 11 is 0. The molecule has 0 atom stereocenters. The molecule has 1 aromatic carbocycles. The number of rotatable bonds is 6. The number of fused-ring (bicyclic) bond motifs is 1. The van der Waals surface area contributed by atoms with Crippen LogP contribution in [0.3, 0.4) is 0 Å². The van der Waals surface area contributed by atoms with Crippen molar-refractivity contribution in [3.63, 3.8) is 0 Å². The van der Waals surface area contributed by atoms with E-state index in [2.05, 4.69) is 28.1 Å². The van der Waals surface area contributed by atoms with Gasteiger partial charge in [0.1, 0.15) is 5.75 Å². The summed E-state index contributed by atoms with van der Waals surface area (Å²) in [7, 11) is 1.62. The lowest BCUT2D eigenvalue weighted by Gasteiger charge is -2.32. The van der Waals surface area contributed by atoms with Gasteiger partial charge in [-0.1, -0.05) is 0 Å². The predicted octanol–water partition coefficient (Wildman–Crippen LogP) is 2.32. The number of nitrogens with zero attached hydrogens (tertiary/aromatic N) is 5. The fourth-order valence-corrected chi connectivity index (χ4v) is 3.90. The third kappa shape index (κ3) is 4.09. The molecule has 1 aliphatic rings. The van der Waals surface area contributed by atoms with E-state index in [0.29, 0.717) is 16.8 Å². The molecule has 0 spiro atoms. The molecule has 1 saturated heterocycles. The smallest absolute Gasteiger partial charge is 0.261 e.